The largest absolute Gasteiger partial charge is 0.344 e. The minimum absolute atomic E-state index is 0.357. The van der Waals surface area contributed by atoms with E-state index in [1.54, 1.807) is 12.1 Å². The summed E-state index contributed by atoms with van der Waals surface area (Å²) in [6.07, 6.45) is 11.4. The Labute approximate surface area is 176 Å². The van der Waals surface area contributed by atoms with Gasteiger partial charge in [0.25, 0.3) is 0 Å². The van der Waals surface area contributed by atoms with Crippen molar-refractivity contribution in [3.05, 3.63) is 78.8 Å². The number of sulfone groups is 1. The van der Waals surface area contributed by atoms with Crippen molar-refractivity contribution >= 4 is 21.1 Å². The Morgan fingerprint density at radius 1 is 1.07 bits per heavy atom. The Morgan fingerprint density at radius 3 is 2.63 bits per heavy atom. The molecule has 5 rings (SSSR count). The van der Waals surface area contributed by atoms with Gasteiger partial charge in [-0.15, -0.1) is 10.2 Å². The van der Waals surface area contributed by atoms with Crippen molar-refractivity contribution < 1.29 is 8.42 Å². The molecule has 1 saturated carbocycles. The van der Waals surface area contributed by atoms with E-state index in [1.165, 1.54) is 19.1 Å². The molecule has 2 aliphatic rings. The summed E-state index contributed by atoms with van der Waals surface area (Å²) in [7, 11) is -3.29. The van der Waals surface area contributed by atoms with Crippen LogP contribution in [0.5, 0.6) is 0 Å². The molecular formula is C23H22N4O2S. The number of allylic oxidation sites excluding steroid dienone is 2. The summed E-state index contributed by atoms with van der Waals surface area (Å²) in [5, 5.41) is 8.43. The molecule has 2 aromatic carbocycles. The molecule has 0 amide bonds. The molecule has 0 spiro atoms. The van der Waals surface area contributed by atoms with Crippen molar-refractivity contribution in [1.29, 1.82) is 0 Å². The molecule has 6 nitrogen and oxygen atoms in total. The summed E-state index contributed by atoms with van der Waals surface area (Å²) in [6, 6.07) is 15.9. The van der Waals surface area contributed by atoms with Crippen LogP contribution in [0.2, 0.25) is 0 Å². The van der Waals surface area contributed by atoms with E-state index in [-0.39, 0.29) is 0 Å². The first-order valence-electron chi connectivity index (χ1n) is 9.95. The topological polar surface area (TPSA) is 68.1 Å². The molecule has 0 atom stereocenters. The van der Waals surface area contributed by atoms with Gasteiger partial charge in [-0.25, -0.2) is 8.42 Å². The van der Waals surface area contributed by atoms with Crippen molar-refractivity contribution in [3.63, 3.8) is 0 Å². The number of nitrogens with zero attached hydrogens (tertiary/aromatic N) is 4. The smallest absolute Gasteiger partial charge is 0.176 e. The quantitative estimate of drug-likeness (QED) is 0.624. The van der Waals surface area contributed by atoms with Crippen LogP contribution in [-0.4, -0.2) is 36.0 Å². The fourth-order valence-electron chi connectivity index (χ4n) is 3.81. The third-order valence-electron chi connectivity index (χ3n) is 5.49. The van der Waals surface area contributed by atoms with Gasteiger partial charge < -0.3 is 9.47 Å². The highest BCUT2D eigenvalue weighted by atomic mass is 32.2. The maximum Gasteiger partial charge on any atom is 0.176 e. The van der Waals surface area contributed by atoms with Gasteiger partial charge in [-0.1, -0.05) is 36.4 Å². The standard InChI is InChI=1S/C23H22N4O2S/c1-30(28,29)22-8-3-2-7-21(22)17-11-13-26(14-12-17)20-6-4-5-18(15-20)23-25-24-16-27(23)19-9-10-19/h2-8,11-13,15-16,19H,9-10,14H2,1H3. The van der Waals surface area contributed by atoms with Crippen LogP contribution in [-0.2, 0) is 9.84 Å². The van der Waals surface area contributed by atoms with Gasteiger partial charge in [0.1, 0.15) is 6.33 Å². The fourth-order valence-corrected chi connectivity index (χ4v) is 4.72. The molecule has 0 unspecified atom stereocenters. The van der Waals surface area contributed by atoms with Gasteiger partial charge >= 0.3 is 0 Å². The Hall–Kier alpha value is -3.19. The van der Waals surface area contributed by atoms with Crippen molar-refractivity contribution in [2.45, 2.75) is 23.8 Å². The first-order valence-corrected chi connectivity index (χ1v) is 11.8. The summed E-state index contributed by atoms with van der Waals surface area (Å²) in [6.45, 7) is 0.655. The molecule has 3 aromatic rings. The molecule has 0 N–H and O–H groups in total. The monoisotopic (exact) mass is 418 g/mol. The van der Waals surface area contributed by atoms with E-state index in [1.807, 2.05) is 36.8 Å². The zero-order chi connectivity index (χ0) is 20.7. The maximum absolute atomic E-state index is 12.1. The van der Waals surface area contributed by atoms with Crippen LogP contribution in [0, 0.1) is 0 Å². The highest BCUT2D eigenvalue weighted by Crippen LogP contribution is 2.38. The predicted octanol–water partition coefficient (Wildman–Crippen LogP) is 4.10. The number of benzene rings is 2. The molecule has 1 aliphatic heterocycles. The van der Waals surface area contributed by atoms with E-state index in [0.29, 0.717) is 17.5 Å². The molecule has 7 heteroatoms. The Kier molecular flexibility index (Phi) is 4.55. The van der Waals surface area contributed by atoms with Crippen LogP contribution in [0.1, 0.15) is 24.4 Å². The highest BCUT2D eigenvalue weighted by molar-refractivity contribution is 7.90. The lowest BCUT2D eigenvalue weighted by atomic mass is 10.0. The van der Waals surface area contributed by atoms with Gasteiger partial charge in [-0.2, -0.15) is 0 Å². The molecule has 0 radical (unpaired) electrons. The molecular weight excluding hydrogens is 396 g/mol. The van der Waals surface area contributed by atoms with Gasteiger partial charge in [0, 0.05) is 41.9 Å². The number of rotatable bonds is 5. The third-order valence-corrected chi connectivity index (χ3v) is 6.64. The molecule has 1 aliphatic carbocycles. The van der Waals surface area contributed by atoms with Crippen molar-refractivity contribution in [1.82, 2.24) is 14.8 Å². The molecule has 30 heavy (non-hydrogen) atoms. The van der Waals surface area contributed by atoms with Gasteiger partial charge in [0.05, 0.1) is 4.90 Å². The van der Waals surface area contributed by atoms with Crippen LogP contribution >= 0.6 is 0 Å². The Morgan fingerprint density at radius 2 is 1.90 bits per heavy atom. The second-order valence-corrected chi connectivity index (χ2v) is 9.72. The van der Waals surface area contributed by atoms with Crippen LogP contribution in [0.15, 0.2) is 78.1 Å². The zero-order valence-electron chi connectivity index (χ0n) is 16.6. The van der Waals surface area contributed by atoms with E-state index in [0.717, 1.165) is 28.2 Å². The number of hydrogen-bond acceptors (Lipinski definition) is 5. The normalized spacial score (nSPS) is 16.6. The number of hydrogen-bond donors (Lipinski definition) is 0. The first-order chi connectivity index (χ1) is 14.5. The van der Waals surface area contributed by atoms with E-state index in [2.05, 4.69) is 43.9 Å². The molecule has 0 saturated heterocycles. The first kappa shape index (κ1) is 18.8. The number of anilines is 1. The molecule has 152 valence electrons. The highest BCUT2D eigenvalue weighted by Gasteiger charge is 2.26. The lowest BCUT2D eigenvalue weighted by Crippen LogP contribution is -2.19. The van der Waals surface area contributed by atoms with E-state index in [9.17, 15) is 8.42 Å². The molecule has 2 heterocycles. The Balaban J connectivity index is 1.41. The summed E-state index contributed by atoms with van der Waals surface area (Å²) < 4.78 is 26.4. The minimum Gasteiger partial charge on any atom is -0.344 e. The maximum atomic E-state index is 12.1. The van der Waals surface area contributed by atoms with Crippen molar-refractivity contribution in [3.8, 4) is 11.4 Å². The van der Waals surface area contributed by atoms with Crippen LogP contribution < -0.4 is 4.90 Å². The van der Waals surface area contributed by atoms with Gasteiger partial charge in [-0.3, -0.25) is 0 Å². The van der Waals surface area contributed by atoms with E-state index in [4.69, 9.17) is 0 Å². The summed E-state index contributed by atoms with van der Waals surface area (Å²) in [4.78, 5) is 2.49. The van der Waals surface area contributed by atoms with Gasteiger partial charge in [0.15, 0.2) is 15.7 Å². The van der Waals surface area contributed by atoms with E-state index >= 15 is 0 Å². The van der Waals surface area contributed by atoms with E-state index < -0.39 is 9.84 Å². The average molecular weight is 419 g/mol. The fraction of sp³-hybridized carbons (Fsp3) is 0.217. The summed E-state index contributed by atoms with van der Waals surface area (Å²) >= 11 is 0. The predicted molar refractivity (Wildman–Crippen MR) is 118 cm³/mol. The van der Waals surface area contributed by atoms with Gasteiger partial charge in [0.2, 0.25) is 0 Å². The van der Waals surface area contributed by atoms with Gasteiger partial charge in [-0.05, 0) is 42.7 Å². The SMILES string of the molecule is CS(=O)(=O)c1ccccc1C1=CCN(c2cccc(-c3nncn3C3CC3)c2)C=C1. The molecule has 1 aromatic heterocycles. The third kappa shape index (κ3) is 3.57. The second kappa shape index (κ2) is 7.25. The summed E-state index contributed by atoms with van der Waals surface area (Å²) in [5.41, 5.74) is 3.75. The molecule has 1 fully saturated rings. The van der Waals surface area contributed by atoms with Crippen molar-refractivity contribution in [2.75, 3.05) is 17.7 Å². The zero-order valence-corrected chi connectivity index (χ0v) is 17.5. The lowest BCUT2D eigenvalue weighted by Gasteiger charge is -2.24. The van der Waals surface area contributed by atoms with Crippen molar-refractivity contribution in [2.24, 2.45) is 0 Å². The van der Waals surface area contributed by atoms with Crippen LogP contribution in [0.25, 0.3) is 17.0 Å². The van der Waals surface area contributed by atoms with Crippen LogP contribution in [0.4, 0.5) is 5.69 Å². The minimum atomic E-state index is -3.29. The lowest BCUT2D eigenvalue weighted by molar-refractivity contribution is 0.601. The molecule has 0 bridgehead atoms. The second-order valence-electron chi connectivity index (χ2n) is 7.74. The van der Waals surface area contributed by atoms with Crippen LogP contribution in [0.3, 0.4) is 0 Å². The number of aromatic nitrogens is 3. The Bertz CT molecular complexity index is 1270. The summed E-state index contributed by atoms with van der Waals surface area (Å²) in [5.74, 6) is 0.902. The average Bonchev–Trinajstić information content (AvgIpc) is 3.49.